The first-order chi connectivity index (χ1) is 4.43. The first kappa shape index (κ1) is 6.07. The van der Waals surface area contributed by atoms with E-state index >= 15 is 0 Å². The van der Waals surface area contributed by atoms with Gasteiger partial charge in [-0.2, -0.15) is 0 Å². The first-order valence-electron chi connectivity index (χ1n) is 2.96. The highest BCUT2D eigenvalue weighted by atomic mass is 16.1. The molecule has 0 amide bonds. The topological polar surface area (TPSA) is 29.4 Å². The first-order valence-corrected chi connectivity index (χ1v) is 2.96. The minimum absolute atomic E-state index is 0.128. The van der Waals surface area contributed by atoms with Gasteiger partial charge >= 0.3 is 0 Å². The van der Waals surface area contributed by atoms with Gasteiger partial charge in [-0.1, -0.05) is 0 Å². The Morgan fingerprint density at radius 2 is 2.44 bits per heavy atom. The standard InChI is InChI=1S/C7H7NO/c9-6-8-7-4-2-1-3-5-7/h7H,2,4-5H2. The van der Waals surface area contributed by atoms with Gasteiger partial charge in [-0.05, 0) is 6.42 Å². The van der Waals surface area contributed by atoms with Gasteiger partial charge < -0.3 is 0 Å². The van der Waals surface area contributed by atoms with Crippen molar-refractivity contribution in [3.8, 4) is 11.8 Å². The van der Waals surface area contributed by atoms with E-state index in [0.29, 0.717) is 0 Å². The smallest absolute Gasteiger partial charge is 0.211 e. The molecule has 9 heavy (non-hydrogen) atoms. The summed E-state index contributed by atoms with van der Waals surface area (Å²) in [6.07, 6.45) is 4.07. The molecule has 0 N–H and O–H groups in total. The van der Waals surface area contributed by atoms with Gasteiger partial charge in [-0.25, -0.2) is 9.79 Å². The number of rotatable bonds is 1. The van der Waals surface area contributed by atoms with Gasteiger partial charge in [-0.3, -0.25) is 0 Å². The molecule has 0 aromatic carbocycles. The molecule has 46 valence electrons. The van der Waals surface area contributed by atoms with Crippen molar-refractivity contribution in [3.63, 3.8) is 0 Å². The number of nitrogens with zero attached hydrogens (tertiary/aromatic N) is 1. The van der Waals surface area contributed by atoms with Crippen molar-refractivity contribution in [2.45, 2.75) is 25.3 Å². The van der Waals surface area contributed by atoms with E-state index in [2.05, 4.69) is 16.8 Å². The zero-order valence-electron chi connectivity index (χ0n) is 5.05. The second kappa shape index (κ2) is 3.06. The van der Waals surface area contributed by atoms with Crippen molar-refractivity contribution >= 4 is 6.08 Å². The van der Waals surface area contributed by atoms with Gasteiger partial charge in [0.1, 0.15) is 0 Å². The fourth-order valence-electron chi connectivity index (χ4n) is 0.804. The number of aliphatic imine (C=N–C) groups is 1. The van der Waals surface area contributed by atoms with E-state index in [1.807, 2.05) is 0 Å². The molecule has 0 bridgehead atoms. The Morgan fingerprint density at radius 3 is 3.00 bits per heavy atom. The lowest BCUT2D eigenvalue weighted by atomic mass is 10.1. The van der Waals surface area contributed by atoms with Gasteiger partial charge in [0, 0.05) is 12.8 Å². The number of hydrogen-bond donors (Lipinski definition) is 0. The molecule has 1 unspecified atom stereocenters. The van der Waals surface area contributed by atoms with Crippen LogP contribution in [0.15, 0.2) is 4.99 Å². The third-order valence-corrected chi connectivity index (χ3v) is 1.30. The summed E-state index contributed by atoms with van der Waals surface area (Å²) < 4.78 is 0. The molecule has 0 radical (unpaired) electrons. The summed E-state index contributed by atoms with van der Waals surface area (Å²) in [7, 11) is 0. The van der Waals surface area contributed by atoms with Crippen molar-refractivity contribution in [1.82, 2.24) is 0 Å². The highest BCUT2D eigenvalue weighted by Gasteiger charge is 2.05. The van der Waals surface area contributed by atoms with E-state index in [1.54, 1.807) is 6.08 Å². The van der Waals surface area contributed by atoms with Gasteiger partial charge in [0.25, 0.3) is 0 Å². The summed E-state index contributed by atoms with van der Waals surface area (Å²) in [6, 6.07) is 0.128. The molecule has 1 aliphatic rings. The number of carbonyl (C=O) groups excluding carboxylic acids is 1. The predicted molar refractivity (Wildman–Crippen MR) is 33.5 cm³/mol. The minimum Gasteiger partial charge on any atom is -0.211 e. The lowest BCUT2D eigenvalue weighted by Gasteiger charge is -2.05. The Balaban J connectivity index is 2.48. The molecular weight excluding hydrogens is 114 g/mol. The molecule has 1 atom stereocenters. The van der Waals surface area contributed by atoms with E-state index in [9.17, 15) is 4.79 Å². The van der Waals surface area contributed by atoms with Gasteiger partial charge in [0.2, 0.25) is 6.08 Å². The molecule has 0 saturated carbocycles. The van der Waals surface area contributed by atoms with Gasteiger partial charge in [0.15, 0.2) is 0 Å². The number of hydrogen-bond acceptors (Lipinski definition) is 2. The molecule has 0 aromatic rings. The molecule has 1 aliphatic carbocycles. The van der Waals surface area contributed by atoms with E-state index < -0.39 is 0 Å². The fraction of sp³-hybridized carbons (Fsp3) is 0.571. The van der Waals surface area contributed by atoms with Crippen LogP contribution in [0.2, 0.25) is 0 Å². The Morgan fingerprint density at radius 1 is 1.56 bits per heavy atom. The van der Waals surface area contributed by atoms with E-state index in [1.165, 1.54) is 0 Å². The summed E-state index contributed by atoms with van der Waals surface area (Å²) in [5.74, 6) is 5.83. The highest BCUT2D eigenvalue weighted by molar-refractivity contribution is 5.34. The van der Waals surface area contributed by atoms with Gasteiger partial charge in [-0.15, -0.1) is 11.8 Å². The fourth-order valence-corrected chi connectivity index (χ4v) is 0.804. The summed E-state index contributed by atoms with van der Waals surface area (Å²) >= 11 is 0. The normalized spacial score (nSPS) is 23.3. The predicted octanol–water partition coefficient (Wildman–Crippen LogP) is 0.878. The van der Waals surface area contributed by atoms with Crippen LogP contribution in [0.4, 0.5) is 0 Å². The quantitative estimate of drug-likeness (QED) is 0.287. The van der Waals surface area contributed by atoms with Crippen molar-refractivity contribution in [3.05, 3.63) is 0 Å². The summed E-state index contributed by atoms with van der Waals surface area (Å²) in [4.78, 5) is 13.3. The minimum atomic E-state index is 0.128. The molecule has 0 fully saturated rings. The Kier molecular flexibility index (Phi) is 2.06. The van der Waals surface area contributed by atoms with Crippen LogP contribution >= 0.6 is 0 Å². The third-order valence-electron chi connectivity index (χ3n) is 1.30. The Labute approximate surface area is 54.0 Å². The third kappa shape index (κ3) is 1.71. The molecule has 2 heteroatoms. The summed E-state index contributed by atoms with van der Waals surface area (Å²) in [5, 5.41) is 0. The maximum atomic E-state index is 9.73. The van der Waals surface area contributed by atoms with Crippen LogP contribution in [0.25, 0.3) is 0 Å². The Bertz CT molecular complexity index is 193. The molecule has 2 nitrogen and oxygen atoms in total. The van der Waals surface area contributed by atoms with Crippen molar-refractivity contribution in [2.24, 2.45) is 4.99 Å². The lowest BCUT2D eigenvalue weighted by molar-refractivity contribution is 0.550. The van der Waals surface area contributed by atoms with E-state index in [4.69, 9.17) is 0 Å². The van der Waals surface area contributed by atoms with Crippen LogP contribution < -0.4 is 0 Å². The van der Waals surface area contributed by atoms with Crippen LogP contribution in [-0.2, 0) is 4.79 Å². The average molecular weight is 121 g/mol. The Hall–Kier alpha value is -1.06. The van der Waals surface area contributed by atoms with E-state index in [-0.39, 0.29) is 6.04 Å². The second-order valence-corrected chi connectivity index (χ2v) is 1.97. The van der Waals surface area contributed by atoms with Crippen molar-refractivity contribution < 1.29 is 4.79 Å². The maximum absolute atomic E-state index is 9.73. The molecular formula is C7H7NO. The summed E-state index contributed by atoms with van der Waals surface area (Å²) in [6.45, 7) is 0. The molecule has 1 rings (SSSR count). The molecule has 0 heterocycles. The molecule has 0 spiro atoms. The average Bonchev–Trinajstić information content (AvgIpc) is 1.91. The van der Waals surface area contributed by atoms with Crippen LogP contribution in [0.3, 0.4) is 0 Å². The molecule has 0 aromatic heterocycles. The number of isocyanates is 1. The molecule has 0 aliphatic heterocycles. The maximum Gasteiger partial charge on any atom is 0.235 e. The highest BCUT2D eigenvalue weighted by Crippen LogP contribution is 2.08. The zero-order valence-corrected chi connectivity index (χ0v) is 5.05. The largest absolute Gasteiger partial charge is 0.235 e. The zero-order chi connectivity index (χ0) is 6.53. The SMILES string of the molecule is O=C=NC1CC#CCC1. The van der Waals surface area contributed by atoms with E-state index in [0.717, 1.165) is 19.3 Å². The van der Waals surface area contributed by atoms with Crippen LogP contribution in [-0.4, -0.2) is 12.1 Å². The summed E-state index contributed by atoms with van der Waals surface area (Å²) in [5.41, 5.74) is 0. The van der Waals surface area contributed by atoms with Gasteiger partial charge in [0.05, 0.1) is 6.04 Å². The van der Waals surface area contributed by atoms with Crippen LogP contribution in [0.5, 0.6) is 0 Å². The second-order valence-electron chi connectivity index (χ2n) is 1.97. The van der Waals surface area contributed by atoms with Crippen molar-refractivity contribution in [1.29, 1.82) is 0 Å². The molecule has 0 saturated heterocycles. The van der Waals surface area contributed by atoms with Crippen LogP contribution in [0, 0.1) is 11.8 Å². The monoisotopic (exact) mass is 121 g/mol. The van der Waals surface area contributed by atoms with Crippen molar-refractivity contribution in [2.75, 3.05) is 0 Å². The van der Waals surface area contributed by atoms with Crippen LogP contribution in [0.1, 0.15) is 19.3 Å². The lowest BCUT2D eigenvalue weighted by Crippen LogP contribution is -2.04.